The predicted molar refractivity (Wildman–Crippen MR) is 117 cm³/mol. The third-order valence-electron chi connectivity index (χ3n) is 4.31. The van der Waals surface area contributed by atoms with Crippen LogP contribution in [0.25, 0.3) is 0 Å². The van der Waals surface area contributed by atoms with Crippen LogP contribution in [0.15, 0.2) is 76.1 Å². The number of aryl methyl sites for hydroxylation is 1. The first-order valence-electron chi connectivity index (χ1n) is 8.48. The molecule has 3 aromatic carbocycles. The van der Waals surface area contributed by atoms with Crippen LogP contribution in [0.2, 0.25) is 5.02 Å². The molecular formula is C21H19BrClNO3S. The van der Waals surface area contributed by atoms with Crippen LogP contribution >= 0.6 is 27.5 Å². The summed E-state index contributed by atoms with van der Waals surface area (Å²) in [4.78, 5) is 0.150. The van der Waals surface area contributed by atoms with Gasteiger partial charge >= 0.3 is 0 Å². The van der Waals surface area contributed by atoms with E-state index in [0.717, 1.165) is 15.6 Å². The van der Waals surface area contributed by atoms with E-state index in [0.29, 0.717) is 16.5 Å². The van der Waals surface area contributed by atoms with Crippen LogP contribution in [-0.2, 0) is 16.6 Å². The molecule has 0 aromatic heterocycles. The van der Waals surface area contributed by atoms with E-state index in [9.17, 15) is 8.42 Å². The summed E-state index contributed by atoms with van der Waals surface area (Å²) < 4.78 is 34.3. The Morgan fingerprint density at radius 3 is 2.36 bits per heavy atom. The Hall–Kier alpha value is -2.02. The van der Waals surface area contributed by atoms with Crippen molar-refractivity contribution in [3.8, 4) is 5.75 Å². The van der Waals surface area contributed by atoms with Gasteiger partial charge in [0.05, 0.1) is 24.2 Å². The number of rotatable bonds is 6. The summed E-state index contributed by atoms with van der Waals surface area (Å²) in [6.07, 6.45) is 0. The molecule has 0 saturated carbocycles. The molecular weight excluding hydrogens is 462 g/mol. The van der Waals surface area contributed by atoms with Gasteiger partial charge in [0, 0.05) is 9.50 Å². The molecule has 0 aliphatic heterocycles. The molecule has 146 valence electrons. The summed E-state index contributed by atoms with van der Waals surface area (Å²) in [5.41, 5.74) is 2.22. The number of nitrogens with zero attached hydrogens (tertiary/aromatic N) is 1. The lowest BCUT2D eigenvalue weighted by molar-refractivity contribution is 0.414. The summed E-state index contributed by atoms with van der Waals surface area (Å²) in [6.45, 7) is 2.01. The van der Waals surface area contributed by atoms with Crippen molar-refractivity contribution >= 4 is 43.2 Å². The first-order chi connectivity index (χ1) is 13.3. The van der Waals surface area contributed by atoms with Crippen molar-refractivity contribution in [1.82, 2.24) is 0 Å². The van der Waals surface area contributed by atoms with Gasteiger partial charge in [-0.05, 0) is 60.5 Å². The molecule has 0 amide bonds. The lowest BCUT2D eigenvalue weighted by atomic mass is 10.2. The summed E-state index contributed by atoms with van der Waals surface area (Å²) in [5.74, 6) is 0.714. The van der Waals surface area contributed by atoms with Crippen LogP contribution in [0.3, 0.4) is 0 Å². The Morgan fingerprint density at radius 2 is 1.75 bits per heavy atom. The number of hydrogen-bond donors (Lipinski definition) is 0. The van der Waals surface area contributed by atoms with Crippen LogP contribution in [0.5, 0.6) is 5.75 Å². The fourth-order valence-corrected chi connectivity index (χ4v) is 4.81. The molecule has 0 aliphatic rings. The Kier molecular flexibility index (Phi) is 6.33. The van der Waals surface area contributed by atoms with Gasteiger partial charge in [-0.25, -0.2) is 8.42 Å². The third kappa shape index (κ3) is 4.51. The lowest BCUT2D eigenvalue weighted by Crippen LogP contribution is -2.30. The molecule has 0 radical (unpaired) electrons. The molecule has 0 N–H and O–H groups in total. The first kappa shape index (κ1) is 20.7. The Labute approximate surface area is 178 Å². The van der Waals surface area contributed by atoms with Crippen LogP contribution in [0.1, 0.15) is 11.1 Å². The SMILES string of the molecule is COc1ccc(CN(c2cccc(Br)c2)S(=O)(=O)c2ccc(C)c(Cl)c2)cc1. The van der Waals surface area contributed by atoms with E-state index < -0.39 is 10.0 Å². The Morgan fingerprint density at radius 1 is 1.04 bits per heavy atom. The number of halogens is 2. The van der Waals surface area contributed by atoms with Crippen molar-refractivity contribution in [3.63, 3.8) is 0 Å². The van der Waals surface area contributed by atoms with Gasteiger partial charge in [-0.3, -0.25) is 4.31 Å². The molecule has 0 fully saturated rings. The topological polar surface area (TPSA) is 46.6 Å². The zero-order chi connectivity index (χ0) is 20.3. The van der Waals surface area contributed by atoms with Crippen LogP contribution in [0.4, 0.5) is 5.69 Å². The molecule has 0 unspecified atom stereocenters. The van der Waals surface area contributed by atoms with Gasteiger partial charge in [-0.1, -0.05) is 51.8 Å². The van der Waals surface area contributed by atoms with Gasteiger partial charge in [0.2, 0.25) is 0 Å². The van der Waals surface area contributed by atoms with Crippen molar-refractivity contribution in [2.45, 2.75) is 18.4 Å². The largest absolute Gasteiger partial charge is 0.497 e. The van der Waals surface area contributed by atoms with Gasteiger partial charge in [0.15, 0.2) is 0 Å². The highest BCUT2D eigenvalue weighted by Gasteiger charge is 2.26. The third-order valence-corrected chi connectivity index (χ3v) is 6.98. The average molecular weight is 481 g/mol. The molecule has 3 aromatic rings. The Bertz CT molecular complexity index is 1090. The zero-order valence-electron chi connectivity index (χ0n) is 15.4. The van der Waals surface area contributed by atoms with Gasteiger partial charge in [-0.15, -0.1) is 0 Å². The summed E-state index contributed by atoms with van der Waals surface area (Å²) in [5, 5.41) is 0.416. The number of ether oxygens (including phenoxy) is 1. The quantitative estimate of drug-likeness (QED) is 0.447. The second-order valence-corrected chi connectivity index (χ2v) is 9.44. The van der Waals surface area contributed by atoms with Crippen molar-refractivity contribution in [2.75, 3.05) is 11.4 Å². The predicted octanol–water partition coefficient (Wildman–Crippen LogP) is 5.82. The molecule has 0 heterocycles. The van der Waals surface area contributed by atoms with Crippen LogP contribution in [0, 0.1) is 6.92 Å². The highest BCUT2D eigenvalue weighted by Crippen LogP contribution is 2.30. The summed E-state index contributed by atoms with van der Waals surface area (Å²) >= 11 is 9.60. The molecule has 7 heteroatoms. The first-order valence-corrected chi connectivity index (χ1v) is 11.1. The molecule has 0 saturated heterocycles. The number of sulfonamides is 1. The van der Waals surface area contributed by atoms with E-state index in [1.54, 1.807) is 37.4 Å². The molecule has 0 atom stereocenters. The average Bonchev–Trinajstić information content (AvgIpc) is 2.68. The van der Waals surface area contributed by atoms with Gasteiger partial charge in [0.1, 0.15) is 5.75 Å². The highest BCUT2D eigenvalue weighted by molar-refractivity contribution is 9.10. The Balaban J connectivity index is 2.07. The number of benzene rings is 3. The van der Waals surface area contributed by atoms with E-state index >= 15 is 0 Å². The molecule has 28 heavy (non-hydrogen) atoms. The second-order valence-electron chi connectivity index (χ2n) is 6.25. The van der Waals surface area contributed by atoms with E-state index in [-0.39, 0.29) is 11.4 Å². The van der Waals surface area contributed by atoms with E-state index in [1.165, 1.54) is 10.4 Å². The van der Waals surface area contributed by atoms with Gasteiger partial charge in [-0.2, -0.15) is 0 Å². The van der Waals surface area contributed by atoms with Crippen molar-refractivity contribution < 1.29 is 13.2 Å². The summed E-state index contributed by atoms with van der Waals surface area (Å²) in [7, 11) is -2.24. The van der Waals surface area contributed by atoms with Gasteiger partial charge < -0.3 is 4.74 Å². The standard InChI is InChI=1S/C21H19BrClNO3S/c1-15-6-11-20(13-21(15)23)28(25,26)24(18-5-3-4-17(22)12-18)14-16-7-9-19(27-2)10-8-16/h3-13H,14H2,1-2H3. The van der Waals surface area contributed by atoms with Crippen molar-refractivity contribution in [3.05, 3.63) is 87.4 Å². The van der Waals surface area contributed by atoms with Crippen molar-refractivity contribution in [1.29, 1.82) is 0 Å². The van der Waals surface area contributed by atoms with E-state index in [4.69, 9.17) is 16.3 Å². The lowest BCUT2D eigenvalue weighted by Gasteiger charge is -2.25. The number of methoxy groups -OCH3 is 1. The molecule has 0 spiro atoms. The minimum absolute atomic E-state index is 0.150. The fraction of sp³-hybridized carbons (Fsp3) is 0.143. The normalized spacial score (nSPS) is 11.3. The maximum absolute atomic E-state index is 13.5. The number of hydrogen-bond acceptors (Lipinski definition) is 3. The molecule has 0 aliphatic carbocycles. The maximum atomic E-state index is 13.5. The minimum atomic E-state index is -3.83. The van der Waals surface area contributed by atoms with Gasteiger partial charge in [0.25, 0.3) is 10.0 Å². The summed E-state index contributed by atoms with van der Waals surface area (Å²) in [6, 6.07) is 19.3. The molecule has 4 nitrogen and oxygen atoms in total. The number of anilines is 1. The van der Waals surface area contributed by atoms with Crippen molar-refractivity contribution in [2.24, 2.45) is 0 Å². The van der Waals surface area contributed by atoms with E-state index in [2.05, 4.69) is 15.9 Å². The minimum Gasteiger partial charge on any atom is -0.497 e. The molecule has 0 bridgehead atoms. The zero-order valence-corrected chi connectivity index (χ0v) is 18.6. The monoisotopic (exact) mass is 479 g/mol. The second kappa shape index (κ2) is 8.55. The maximum Gasteiger partial charge on any atom is 0.264 e. The van der Waals surface area contributed by atoms with Crippen LogP contribution in [-0.4, -0.2) is 15.5 Å². The molecule has 3 rings (SSSR count). The fourth-order valence-electron chi connectivity index (χ4n) is 2.70. The smallest absolute Gasteiger partial charge is 0.264 e. The van der Waals surface area contributed by atoms with Crippen LogP contribution < -0.4 is 9.04 Å². The highest BCUT2D eigenvalue weighted by atomic mass is 79.9. The van der Waals surface area contributed by atoms with E-state index in [1.807, 2.05) is 37.3 Å².